The van der Waals surface area contributed by atoms with Gasteiger partial charge in [0.15, 0.2) is 0 Å². The van der Waals surface area contributed by atoms with Crippen LogP contribution in [0.25, 0.3) is 10.9 Å². The Morgan fingerprint density at radius 1 is 1.06 bits per heavy atom. The quantitative estimate of drug-likeness (QED) is 0.166. The van der Waals surface area contributed by atoms with E-state index in [0.29, 0.717) is 17.7 Å². The fourth-order valence-corrected chi connectivity index (χ4v) is 3.84. The highest BCUT2D eigenvalue weighted by molar-refractivity contribution is 7.98. The van der Waals surface area contributed by atoms with Crippen molar-refractivity contribution >= 4 is 52.3 Å². The van der Waals surface area contributed by atoms with Crippen LogP contribution >= 0.6 is 11.8 Å². The van der Waals surface area contributed by atoms with Crippen LogP contribution in [0.3, 0.4) is 0 Å². The molecule has 12 nitrogen and oxygen atoms in total. The van der Waals surface area contributed by atoms with Gasteiger partial charge in [0.05, 0.1) is 12.5 Å². The maximum Gasteiger partial charge on any atom is 0.322 e. The first kappa shape index (κ1) is 27.7. The van der Waals surface area contributed by atoms with E-state index < -0.39 is 60.7 Å². The summed E-state index contributed by atoms with van der Waals surface area (Å²) in [6, 6.07) is 3.87. The number of primary amides is 1. The number of para-hydroxylation sites is 1. The molecule has 2 aromatic rings. The zero-order valence-corrected chi connectivity index (χ0v) is 20.0. The van der Waals surface area contributed by atoms with Crippen molar-refractivity contribution in [1.29, 1.82) is 0 Å². The minimum absolute atomic E-state index is 0.0195. The number of H-pyrrole nitrogens is 1. The average Bonchev–Trinajstić information content (AvgIpc) is 3.22. The first-order valence-corrected chi connectivity index (χ1v) is 12.2. The summed E-state index contributed by atoms with van der Waals surface area (Å²) >= 11 is 1.50. The van der Waals surface area contributed by atoms with E-state index in [1.165, 1.54) is 11.8 Å². The molecule has 4 amide bonds. The summed E-state index contributed by atoms with van der Waals surface area (Å²) in [5.41, 5.74) is 12.6. The lowest BCUT2D eigenvalue weighted by molar-refractivity contribution is -0.138. The Morgan fingerprint density at radius 2 is 1.74 bits per heavy atom. The highest BCUT2D eigenvalue weighted by Gasteiger charge is 2.30. The molecule has 35 heavy (non-hydrogen) atoms. The van der Waals surface area contributed by atoms with Crippen molar-refractivity contribution in [2.45, 2.75) is 37.4 Å². The molecule has 3 unspecified atom stereocenters. The van der Waals surface area contributed by atoms with Gasteiger partial charge >= 0.3 is 5.97 Å². The van der Waals surface area contributed by atoms with Crippen molar-refractivity contribution in [2.24, 2.45) is 11.5 Å². The van der Waals surface area contributed by atoms with Crippen LogP contribution in [-0.4, -0.2) is 76.4 Å². The van der Waals surface area contributed by atoms with Crippen LogP contribution in [-0.2, 0) is 30.4 Å². The van der Waals surface area contributed by atoms with E-state index in [1.807, 2.05) is 30.5 Å². The number of carboxylic acids is 1. The Morgan fingerprint density at radius 3 is 2.40 bits per heavy atom. The standard InChI is InChI=1S/C22H30N6O6S/c1-35-7-6-14(23)20(32)27-17(9-18(24)29)22(34)28-16(21(33)26-11-19(30)31)8-12-10-25-15-5-3-2-4-13(12)15/h2-5,10,14,16-17,25H,6-9,11,23H2,1H3,(H2,24,29)(H,26,33)(H,27,32)(H,28,34)(H,30,31). The monoisotopic (exact) mass is 506 g/mol. The van der Waals surface area contributed by atoms with Crippen LogP contribution < -0.4 is 27.4 Å². The molecule has 3 atom stereocenters. The molecular weight excluding hydrogens is 476 g/mol. The maximum absolute atomic E-state index is 13.0. The topological polar surface area (TPSA) is 209 Å². The molecule has 0 aliphatic rings. The number of aliphatic carboxylic acids is 1. The normalized spacial score (nSPS) is 13.4. The van der Waals surface area contributed by atoms with E-state index in [-0.39, 0.29) is 6.42 Å². The third-order valence-electron chi connectivity index (χ3n) is 5.15. The number of carbonyl (C=O) groups is 5. The van der Waals surface area contributed by atoms with Gasteiger partial charge in [-0.15, -0.1) is 0 Å². The number of carbonyl (C=O) groups excluding carboxylic acids is 4. The number of carboxylic acid groups (broad SMARTS) is 1. The van der Waals surface area contributed by atoms with Crippen LogP contribution in [0.15, 0.2) is 30.5 Å². The molecule has 0 radical (unpaired) electrons. The molecule has 0 aliphatic carbocycles. The van der Waals surface area contributed by atoms with E-state index in [0.717, 1.165) is 10.9 Å². The van der Waals surface area contributed by atoms with Crippen LogP contribution in [0.2, 0.25) is 0 Å². The SMILES string of the molecule is CSCCC(N)C(=O)NC(CC(N)=O)C(=O)NC(Cc1c[nH]c2ccccc12)C(=O)NCC(=O)O. The predicted octanol–water partition coefficient (Wildman–Crippen LogP) is -1.16. The lowest BCUT2D eigenvalue weighted by Gasteiger charge is -2.23. The highest BCUT2D eigenvalue weighted by Crippen LogP contribution is 2.19. The van der Waals surface area contributed by atoms with Gasteiger partial charge < -0.3 is 37.5 Å². The number of nitrogens with two attached hydrogens (primary N) is 2. The number of benzene rings is 1. The molecule has 1 heterocycles. The van der Waals surface area contributed by atoms with Crippen molar-refractivity contribution in [3.63, 3.8) is 0 Å². The minimum Gasteiger partial charge on any atom is -0.480 e. The first-order chi connectivity index (χ1) is 16.6. The molecule has 1 aromatic carbocycles. The van der Waals surface area contributed by atoms with Gasteiger partial charge in [-0.05, 0) is 30.1 Å². The van der Waals surface area contributed by atoms with Gasteiger partial charge in [-0.25, -0.2) is 0 Å². The lowest BCUT2D eigenvalue weighted by Crippen LogP contribution is -2.57. The number of thioether (sulfide) groups is 1. The molecular formula is C22H30N6O6S. The van der Waals surface area contributed by atoms with E-state index in [2.05, 4.69) is 20.9 Å². The predicted molar refractivity (Wildman–Crippen MR) is 131 cm³/mol. The number of fused-ring (bicyclic) bond motifs is 1. The van der Waals surface area contributed by atoms with Crippen molar-refractivity contribution in [3.05, 3.63) is 36.0 Å². The van der Waals surface area contributed by atoms with E-state index in [1.54, 1.807) is 6.20 Å². The summed E-state index contributed by atoms with van der Waals surface area (Å²) in [5.74, 6) is -3.68. The number of rotatable bonds is 14. The Kier molecular flexibility index (Phi) is 10.5. The molecule has 2 rings (SSSR count). The first-order valence-electron chi connectivity index (χ1n) is 10.8. The summed E-state index contributed by atoms with van der Waals surface area (Å²) in [4.78, 5) is 63.7. The summed E-state index contributed by atoms with van der Waals surface area (Å²) < 4.78 is 0. The summed E-state index contributed by atoms with van der Waals surface area (Å²) in [7, 11) is 0. The molecule has 0 spiro atoms. The molecule has 9 N–H and O–H groups in total. The van der Waals surface area contributed by atoms with Crippen molar-refractivity contribution in [2.75, 3.05) is 18.6 Å². The van der Waals surface area contributed by atoms with Crippen LogP contribution in [0.4, 0.5) is 0 Å². The lowest BCUT2D eigenvalue weighted by atomic mass is 10.0. The average molecular weight is 507 g/mol. The van der Waals surface area contributed by atoms with Gasteiger partial charge in [0.25, 0.3) is 0 Å². The van der Waals surface area contributed by atoms with E-state index in [4.69, 9.17) is 16.6 Å². The number of aromatic nitrogens is 1. The molecule has 0 saturated carbocycles. The van der Waals surface area contributed by atoms with Gasteiger partial charge in [0, 0.05) is 23.5 Å². The summed E-state index contributed by atoms with van der Waals surface area (Å²) in [6.45, 7) is -0.648. The van der Waals surface area contributed by atoms with Gasteiger partial charge in [-0.3, -0.25) is 24.0 Å². The Hall–Kier alpha value is -3.58. The Bertz CT molecular complexity index is 1070. The number of hydrogen-bond acceptors (Lipinski definition) is 7. The minimum atomic E-state index is -1.36. The fraction of sp³-hybridized carbons (Fsp3) is 0.409. The van der Waals surface area contributed by atoms with Crippen molar-refractivity contribution in [1.82, 2.24) is 20.9 Å². The van der Waals surface area contributed by atoms with Crippen LogP contribution in [0.5, 0.6) is 0 Å². The molecule has 0 aliphatic heterocycles. The zero-order chi connectivity index (χ0) is 26.0. The van der Waals surface area contributed by atoms with Crippen LogP contribution in [0, 0.1) is 0 Å². The summed E-state index contributed by atoms with van der Waals surface area (Å²) in [6.07, 6.45) is 3.41. The van der Waals surface area contributed by atoms with Crippen molar-refractivity contribution in [3.8, 4) is 0 Å². The molecule has 0 bridgehead atoms. The molecule has 190 valence electrons. The second-order valence-electron chi connectivity index (χ2n) is 7.86. The molecule has 1 aromatic heterocycles. The number of aromatic amines is 1. The van der Waals surface area contributed by atoms with Crippen LogP contribution in [0.1, 0.15) is 18.4 Å². The van der Waals surface area contributed by atoms with Gasteiger partial charge in [0.1, 0.15) is 18.6 Å². The molecule has 13 heteroatoms. The molecule has 0 fully saturated rings. The van der Waals surface area contributed by atoms with Crippen molar-refractivity contribution < 1.29 is 29.1 Å². The number of nitrogens with one attached hydrogen (secondary N) is 4. The fourth-order valence-electron chi connectivity index (χ4n) is 3.35. The van der Waals surface area contributed by atoms with E-state index in [9.17, 15) is 24.0 Å². The Balaban J connectivity index is 2.22. The number of hydrogen-bond donors (Lipinski definition) is 7. The van der Waals surface area contributed by atoms with E-state index >= 15 is 0 Å². The zero-order valence-electron chi connectivity index (χ0n) is 19.2. The smallest absolute Gasteiger partial charge is 0.322 e. The molecule has 0 saturated heterocycles. The second kappa shape index (κ2) is 13.3. The maximum atomic E-state index is 13.0. The van der Waals surface area contributed by atoms with Gasteiger partial charge in [-0.2, -0.15) is 11.8 Å². The largest absolute Gasteiger partial charge is 0.480 e. The summed E-state index contributed by atoms with van der Waals surface area (Å²) in [5, 5.41) is 16.9. The van der Waals surface area contributed by atoms with Gasteiger partial charge in [0.2, 0.25) is 23.6 Å². The third-order valence-corrected chi connectivity index (χ3v) is 5.80. The van der Waals surface area contributed by atoms with Gasteiger partial charge in [-0.1, -0.05) is 18.2 Å². The third kappa shape index (κ3) is 8.61. The second-order valence-corrected chi connectivity index (χ2v) is 8.84. The number of amides is 4. The highest BCUT2D eigenvalue weighted by atomic mass is 32.2. The Labute approximate surface area is 205 Å².